The van der Waals surface area contributed by atoms with Gasteiger partial charge in [0.1, 0.15) is 0 Å². The normalized spacial score (nSPS) is 31.0. The first-order chi connectivity index (χ1) is 7.73. The van der Waals surface area contributed by atoms with Crippen LogP contribution in [0.3, 0.4) is 0 Å². The smallest absolute Gasteiger partial charge is 0.465 e. The molecule has 0 atom stereocenters. The number of carbonyl (C=O) groups excluding carboxylic acids is 1. The minimum atomic E-state index is -4.88. The Balaban J connectivity index is 1.87. The summed E-state index contributed by atoms with van der Waals surface area (Å²) in [4.78, 5) is 22.6. The third-order valence-electron chi connectivity index (χ3n) is 3.41. The van der Waals surface area contributed by atoms with Crippen molar-refractivity contribution >= 4 is 12.0 Å². The number of carbonyl (C=O) groups is 2. The number of nitrogens with one attached hydrogen (secondary N) is 1. The van der Waals surface area contributed by atoms with Gasteiger partial charge in [0.15, 0.2) is 0 Å². The first kappa shape index (κ1) is 12.0. The average molecular weight is 252 g/mol. The highest BCUT2D eigenvalue weighted by Crippen LogP contribution is 2.51. The summed E-state index contributed by atoms with van der Waals surface area (Å²) in [5.41, 5.74) is -0.496. The first-order valence-electron chi connectivity index (χ1n) is 5.08. The highest BCUT2D eigenvalue weighted by atomic mass is 19.4. The Morgan fingerprint density at radius 3 is 2.41 bits per heavy atom. The molecular formula is C9H11F3N2O3. The molecule has 96 valence electrons. The van der Waals surface area contributed by atoms with Gasteiger partial charge >= 0.3 is 18.2 Å². The molecule has 2 amide bonds. The van der Waals surface area contributed by atoms with E-state index >= 15 is 0 Å². The SMILES string of the molecule is O=C(O)N1CC2(CNC(=O)C(F)(F)F)CC1C2. The number of nitrogens with zero attached hydrogens (tertiary/aromatic N) is 1. The molecule has 3 fully saturated rings. The maximum absolute atomic E-state index is 11.9. The summed E-state index contributed by atoms with van der Waals surface area (Å²) in [5, 5.41) is 10.6. The van der Waals surface area contributed by atoms with E-state index in [-0.39, 0.29) is 19.1 Å². The molecule has 2 N–H and O–H groups in total. The van der Waals surface area contributed by atoms with Crippen molar-refractivity contribution in [3.05, 3.63) is 0 Å². The Hall–Kier alpha value is -1.47. The van der Waals surface area contributed by atoms with Gasteiger partial charge in [-0.15, -0.1) is 0 Å². The lowest BCUT2D eigenvalue weighted by Gasteiger charge is -2.36. The van der Waals surface area contributed by atoms with Gasteiger partial charge < -0.3 is 15.3 Å². The van der Waals surface area contributed by atoms with Crippen molar-refractivity contribution in [2.45, 2.75) is 25.1 Å². The van der Waals surface area contributed by atoms with Crippen LogP contribution in [0.5, 0.6) is 0 Å². The molecule has 8 heteroatoms. The van der Waals surface area contributed by atoms with E-state index in [0.29, 0.717) is 12.8 Å². The zero-order chi connectivity index (χ0) is 12.8. The average Bonchev–Trinajstić information content (AvgIpc) is 2.66. The highest BCUT2D eigenvalue weighted by Gasteiger charge is 2.57. The van der Waals surface area contributed by atoms with E-state index in [1.54, 1.807) is 0 Å². The van der Waals surface area contributed by atoms with E-state index in [4.69, 9.17) is 5.11 Å². The van der Waals surface area contributed by atoms with Gasteiger partial charge in [0.25, 0.3) is 0 Å². The molecule has 2 aliphatic heterocycles. The molecule has 0 aromatic carbocycles. The van der Waals surface area contributed by atoms with Crippen LogP contribution in [0.25, 0.3) is 0 Å². The molecule has 0 spiro atoms. The van der Waals surface area contributed by atoms with Gasteiger partial charge in [-0.1, -0.05) is 0 Å². The molecule has 3 aliphatic rings. The van der Waals surface area contributed by atoms with Crippen LogP contribution in [0.1, 0.15) is 12.8 Å². The van der Waals surface area contributed by atoms with Gasteiger partial charge in [0, 0.05) is 24.5 Å². The molecule has 0 unspecified atom stereocenters. The number of hydrogen-bond acceptors (Lipinski definition) is 2. The molecule has 1 saturated carbocycles. The van der Waals surface area contributed by atoms with E-state index in [9.17, 15) is 22.8 Å². The van der Waals surface area contributed by atoms with E-state index < -0.39 is 23.6 Å². The molecule has 3 rings (SSSR count). The lowest BCUT2D eigenvalue weighted by atomic mass is 9.70. The summed E-state index contributed by atoms with van der Waals surface area (Å²) in [7, 11) is 0. The largest absolute Gasteiger partial charge is 0.471 e. The third-order valence-corrected chi connectivity index (χ3v) is 3.41. The molecule has 2 saturated heterocycles. The Morgan fingerprint density at radius 2 is 2.00 bits per heavy atom. The molecule has 0 aromatic rings. The number of rotatable bonds is 2. The molecular weight excluding hydrogens is 241 g/mol. The molecule has 0 aromatic heterocycles. The number of halogens is 3. The van der Waals surface area contributed by atoms with Crippen molar-refractivity contribution in [2.24, 2.45) is 5.41 Å². The summed E-state index contributed by atoms with van der Waals surface area (Å²) in [5.74, 6) is -1.97. The monoisotopic (exact) mass is 252 g/mol. The molecule has 2 bridgehead atoms. The molecule has 5 nitrogen and oxygen atoms in total. The summed E-state index contributed by atoms with van der Waals surface area (Å²) in [6.45, 7) is 0.0801. The summed E-state index contributed by atoms with van der Waals surface area (Å²) >= 11 is 0. The topological polar surface area (TPSA) is 69.6 Å². The van der Waals surface area contributed by atoms with Crippen molar-refractivity contribution in [1.82, 2.24) is 10.2 Å². The summed E-state index contributed by atoms with van der Waals surface area (Å²) in [6.07, 6.45) is -4.89. The van der Waals surface area contributed by atoms with Crippen LogP contribution in [0.4, 0.5) is 18.0 Å². The first-order valence-corrected chi connectivity index (χ1v) is 5.08. The van der Waals surface area contributed by atoms with Crippen LogP contribution in [0.2, 0.25) is 0 Å². The maximum Gasteiger partial charge on any atom is 0.471 e. The second-order valence-corrected chi connectivity index (χ2v) is 4.65. The fourth-order valence-corrected chi connectivity index (χ4v) is 2.57. The molecule has 2 heterocycles. The fourth-order valence-electron chi connectivity index (χ4n) is 2.57. The van der Waals surface area contributed by atoms with E-state index in [1.807, 2.05) is 5.32 Å². The Bertz CT molecular complexity index is 363. The van der Waals surface area contributed by atoms with Crippen molar-refractivity contribution in [3.63, 3.8) is 0 Å². The van der Waals surface area contributed by atoms with Crippen LogP contribution in [-0.2, 0) is 4.79 Å². The van der Waals surface area contributed by atoms with E-state index in [2.05, 4.69) is 0 Å². The lowest BCUT2D eigenvalue weighted by Crippen LogP contribution is -2.47. The number of carboxylic acid groups (broad SMARTS) is 1. The predicted octanol–water partition coefficient (Wildman–Crippen LogP) is 0.807. The molecule has 0 radical (unpaired) electrons. The second-order valence-electron chi connectivity index (χ2n) is 4.65. The fraction of sp³-hybridized carbons (Fsp3) is 0.778. The van der Waals surface area contributed by atoms with Crippen LogP contribution in [0, 0.1) is 5.41 Å². The summed E-state index contributed by atoms with van der Waals surface area (Å²) < 4.78 is 35.8. The number of hydrogen-bond donors (Lipinski definition) is 2. The van der Waals surface area contributed by atoms with Crippen LogP contribution >= 0.6 is 0 Å². The van der Waals surface area contributed by atoms with Crippen LogP contribution < -0.4 is 5.32 Å². The van der Waals surface area contributed by atoms with Gasteiger partial charge in [0.2, 0.25) is 0 Å². The number of alkyl halides is 3. The molecule has 17 heavy (non-hydrogen) atoms. The van der Waals surface area contributed by atoms with Gasteiger partial charge in [0.05, 0.1) is 0 Å². The van der Waals surface area contributed by atoms with Crippen LogP contribution in [-0.4, -0.2) is 47.3 Å². The number of fused-ring (bicyclic) bond motifs is 1. The molecule has 1 aliphatic carbocycles. The number of amides is 2. The van der Waals surface area contributed by atoms with Crippen molar-refractivity contribution in [1.29, 1.82) is 0 Å². The second kappa shape index (κ2) is 3.51. The van der Waals surface area contributed by atoms with Gasteiger partial charge in [-0.05, 0) is 12.8 Å². The zero-order valence-corrected chi connectivity index (χ0v) is 8.75. The van der Waals surface area contributed by atoms with Crippen molar-refractivity contribution in [2.75, 3.05) is 13.1 Å². The van der Waals surface area contributed by atoms with Gasteiger partial charge in [-0.2, -0.15) is 13.2 Å². The Labute approximate surface area is 94.6 Å². The zero-order valence-electron chi connectivity index (χ0n) is 8.75. The predicted molar refractivity (Wildman–Crippen MR) is 49.3 cm³/mol. The highest BCUT2D eigenvalue weighted by molar-refractivity contribution is 5.81. The Kier molecular flexibility index (Phi) is 2.48. The Morgan fingerprint density at radius 1 is 1.41 bits per heavy atom. The minimum absolute atomic E-state index is 0.102. The van der Waals surface area contributed by atoms with Gasteiger partial charge in [-0.25, -0.2) is 4.79 Å². The lowest BCUT2D eigenvalue weighted by molar-refractivity contribution is -0.174. The minimum Gasteiger partial charge on any atom is -0.465 e. The van der Waals surface area contributed by atoms with Crippen molar-refractivity contribution < 1.29 is 27.9 Å². The summed E-state index contributed by atoms with van der Waals surface area (Å²) in [6, 6.07) is -0.102. The quantitative estimate of drug-likeness (QED) is 0.764. The van der Waals surface area contributed by atoms with Gasteiger partial charge in [-0.3, -0.25) is 4.79 Å². The van der Waals surface area contributed by atoms with Crippen molar-refractivity contribution in [3.8, 4) is 0 Å². The standard InChI is InChI=1S/C9H11F3N2O3/c10-9(11,12)6(15)13-3-8-1-5(2-8)14(4-8)7(16)17/h5H,1-4H2,(H,13,15)(H,16,17). The van der Waals surface area contributed by atoms with Crippen LogP contribution in [0.15, 0.2) is 0 Å². The third kappa shape index (κ3) is 2.03. The maximum atomic E-state index is 11.9. The van der Waals surface area contributed by atoms with E-state index in [0.717, 1.165) is 0 Å². The van der Waals surface area contributed by atoms with E-state index in [1.165, 1.54) is 4.90 Å².